The third-order valence-electron chi connectivity index (χ3n) is 2.89. The fourth-order valence-corrected chi connectivity index (χ4v) is 1.84. The standard InChI is InChI=1S/C15H24N2O2/c1-4-8-17-15(18)7-9-16-11-13-5-6-14(19-3)12(2)10-13/h5-6,10,16H,4,7-9,11H2,1-3H3,(H,17,18). The molecule has 1 aromatic carbocycles. The van der Waals surface area contributed by atoms with Gasteiger partial charge in [-0.2, -0.15) is 0 Å². The average Bonchev–Trinajstić information content (AvgIpc) is 2.41. The molecule has 0 saturated carbocycles. The highest BCUT2D eigenvalue weighted by Crippen LogP contribution is 2.18. The van der Waals surface area contributed by atoms with Gasteiger partial charge in [0, 0.05) is 26.1 Å². The van der Waals surface area contributed by atoms with Gasteiger partial charge in [0.15, 0.2) is 0 Å². The number of benzene rings is 1. The third kappa shape index (κ3) is 5.75. The van der Waals surface area contributed by atoms with Crippen LogP contribution in [-0.2, 0) is 11.3 Å². The van der Waals surface area contributed by atoms with Crippen LogP contribution in [0, 0.1) is 6.92 Å². The summed E-state index contributed by atoms with van der Waals surface area (Å²) in [6.07, 6.45) is 1.50. The molecule has 0 fully saturated rings. The first-order chi connectivity index (χ1) is 9.17. The summed E-state index contributed by atoms with van der Waals surface area (Å²) in [7, 11) is 1.68. The van der Waals surface area contributed by atoms with Crippen molar-refractivity contribution in [3.8, 4) is 5.75 Å². The van der Waals surface area contributed by atoms with Crippen LogP contribution in [0.3, 0.4) is 0 Å². The molecule has 0 heterocycles. The Morgan fingerprint density at radius 1 is 1.32 bits per heavy atom. The molecular formula is C15H24N2O2. The highest BCUT2D eigenvalue weighted by atomic mass is 16.5. The molecule has 4 heteroatoms. The number of hydrogen-bond acceptors (Lipinski definition) is 3. The van der Waals surface area contributed by atoms with E-state index in [1.54, 1.807) is 7.11 Å². The first-order valence-corrected chi connectivity index (χ1v) is 6.78. The van der Waals surface area contributed by atoms with Gasteiger partial charge in [-0.05, 0) is 30.5 Å². The zero-order valence-corrected chi connectivity index (χ0v) is 12.1. The van der Waals surface area contributed by atoms with Gasteiger partial charge in [0.1, 0.15) is 5.75 Å². The first-order valence-electron chi connectivity index (χ1n) is 6.78. The van der Waals surface area contributed by atoms with E-state index in [0.29, 0.717) is 13.0 Å². The SMILES string of the molecule is CCCNC(=O)CCNCc1ccc(OC)c(C)c1. The van der Waals surface area contributed by atoms with E-state index in [4.69, 9.17) is 4.74 Å². The minimum Gasteiger partial charge on any atom is -0.496 e. The number of rotatable bonds is 8. The van der Waals surface area contributed by atoms with E-state index in [9.17, 15) is 4.79 Å². The number of methoxy groups -OCH3 is 1. The zero-order valence-electron chi connectivity index (χ0n) is 12.1. The smallest absolute Gasteiger partial charge is 0.221 e. The molecule has 4 nitrogen and oxygen atoms in total. The molecule has 0 unspecified atom stereocenters. The van der Waals surface area contributed by atoms with Crippen molar-refractivity contribution in [2.24, 2.45) is 0 Å². The van der Waals surface area contributed by atoms with E-state index < -0.39 is 0 Å². The van der Waals surface area contributed by atoms with Gasteiger partial charge in [0.2, 0.25) is 5.91 Å². The summed E-state index contributed by atoms with van der Waals surface area (Å²) < 4.78 is 5.22. The van der Waals surface area contributed by atoms with Crippen LogP contribution in [-0.4, -0.2) is 26.1 Å². The molecule has 0 radical (unpaired) electrons. The molecule has 1 rings (SSSR count). The molecule has 0 aliphatic heterocycles. The number of amides is 1. The molecular weight excluding hydrogens is 240 g/mol. The van der Waals surface area contributed by atoms with Crippen LogP contribution in [0.2, 0.25) is 0 Å². The van der Waals surface area contributed by atoms with Crippen molar-refractivity contribution in [3.63, 3.8) is 0 Å². The van der Waals surface area contributed by atoms with Crippen molar-refractivity contribution in [1.82, 2.24) is 10.6 Å². The van der Waals surface area contributed by atoms with Crippen LogP contribution in [0.15, 0.2) is 18.2 Å². The Hall–Kier alpha value is -1.55. The molecule has 0 atom stereocenters. The molecule has 0 aromatic heterocycles. The number of hydrogen-bond donors (Lipinski definition) is 2. The van der Waals surface area contributed by atoms with Crippen LogP contribution < -0.4 is 15.4 Å². The fourth-order valence-electron chi connectivity index (χ4n) is 1.84. The van der Waals surface area contributed by atoms with Gasteiger partial charge in [-0.3, -0.25) is 4.79 Å². The molecule has 0 saturated heterocycles. The Kier molecular flexibility index (Phi) is 6.97. The Morgan fingerprint density at radius 3 is 2.74 bits per heavy atom. The fraction of sp³-hybridized carbons (Fsp3) is 0.533. The Bertz CT molecular complexity index is 405. The van der Waals surface area contributed by atoms with Crippen molar-refractivity contribution in [1.29, 1.82) is 0 Å². The second-order valence-electron chi connectivity index (χ2n) is 4.58. The lowest BCUT2D eigenvalue weighted by atomic mass is 10.1. The lowest BCUT2D eigenvalue weighted by Crippen LogP contribution is -2.28. The van der Waals surface area contributed by atoms with Crippen LogP contribution in [0.5, 0.6) is 5.75 Å². The Labute approximate surface area is 115 Å². The van der Waals surface area contributed by atoms with Gasteiger partial charge in [0.05, 0.1) is 7.11 Å². The number of carbonyl (C=O) groups excluding carboxylic acids is 1. The van der Waals surface area contributed by atoms with Crippen LogP contribution in [0.25, 0.3) is 0 Å². The average molecular weight is 264 g/mol. The van der Waals surface area contributed by atoms with E-state index in [2.05, 4.69) is 16.7 Å². The molecule has 2 N–H and O–H groups in total. The molecule has 0 aliphatic carbocycles. The zero-order chi connectivity index (χ0) is 14.1. The lowest BCUT2D eigenvalue weighted by Gasteiger charge is -2.09. The lowest BCUT2D eigenvalue weighted by molar-refractivity contribution is -0.120. The monoisotopic (exact) mass is 264 g/mol. The van der Waals surface area contributed by atoms with Crippen molar-refractivity contribution >= 4 is 5.91 Å². The Morgan fingerprint density at radius 2 is 2.11 bits per heavy atom. The van der Waals surface area contributed by atoms with Crippen molar-refractivity contribution in [2.45, 2.75) is 33.2 Å². The molecule has 1 amide bonds. The second kappa shape index (κ2) is 8.53. The van der Waals surface area contributed by atoms with Crippen LogP contribution in [0.4, 0.5) is 0 Å². The molecule has 1 aromatic rings. The first kappa shape index (κ1) is 15.5. The molecule has 106 valence electrons. The minimum absolute atomic E-state index is 0.111. The van der Waals surface area contributed by atoms with Crippen molar-refractivity contribution < 1.29 is 9.53 Å². The summed E-state index contributed by atoms with van der Waals surface area (Å²) in [5, 5.41) is 6.13. The Balaban J connectivity index is 2.26. The van der Waals surface area contributed by atoms with Gasteiger partial charge >= 0.3 is 0 Å². The largest absolute Gasteiger partial charge is 0.496 e. The van der Waals surface area contributed by atoms with E-state index in [-0.39, 0.29) is 5.91 Å². The minimum atomic E-state index is 0.111. The van der Waals surface area contributed by atoms with Gasteiger partial charge < -0.3 is 15.4 Å². The molecule has 0 bridgehead atoms. The summed E-state index contributed by atoms with van der Waals surface area (Å²) in [6, 6.07) is 6.11. The molecule has 19 heavy (non-hydrogen) atoms. The maximum absolute atomic E-state index is 11.4. The van der Waals surface area contributed by atoms with Crippen molar-refractivity contribution in [2.75, 3.05) is 20.2 Å². The topological polar surface area (TPSA) is 50.4 Å². The van der Waals surface area contributed by atoms with E-state index >= 15 is 0 Å². The van der Waals surface area contributed by atoms with E-state index in [1.807, 2.05) is 26.0 Å². The van der Waals surface area contributed by atoms with Gasteiger partial charge in [0.25, 0.3) is 0 Å². The maximum atomic E-state index is 11.4. The van der Waals surface area contributed by atoms with E-state index in [0.717, 1.165) is 30.8 Å². The van der Waals surface area contributed by atoms with Gasteiger partial charge in [-0.1, -0.05) is 19.1 Å². The molecule has 0 spiro atoms. The second-order valence-corrected chi connectivity index (χ2v) is 4.58. The van der Waals surface area contributed by atoms with Crippen LogP contribution in [0.1, 0.15) is 30.9 Å². The highest BCUT2D eigenvalue weighted by molar-refractivity contribution is 5.75. The third-order valence-corrected chi connectivity index (χ3v) is 2.89. The molecule has 0 aliphatic rings. The van der Waals surface area contributed by atoms with Crippen LogP contribution >= 0.6 is 0 Å². The van der Waals surface area contributed by atoms with Crippen molar-refractivity contribution in [3.05, 3.63) is 29.3 Å². The normalized spacial score (nSPS) is 10.3. The maximum Gasteiger partial charge on any atom is 0.221 e. The predicted octanol–water partition coefficient (Wildman–Crippen LogP) is 2.01. The summed E-state index contributed by atoms with van der Waals surface area (Å²) in [5.74, 6) is 1.02. The van der Waals surface area contributed by atoms with E-state index in [1.165, 1.54) is 5.56 Å². The summed E-state index contributed by atoms with van der Waals surface area (Å²) in [6.45, 7) is 6.30. The summed E-state index contributed by atoms with van der Waals surface area (Å²) in [5.41, 5.74) is 2.33. The number of nitrogens with one attached hydrogen (secondary N) is 2. The van der Waals surface area contributed by atoms with Gasteiger partial charge in [-0.25, -0.2) is 0 Å². The van der Waals surface area contributed by atoms with Gasteiger partial charge in [-0.15, -0.1) is 0 Å². The highest BCUT2D eigenvalue weighted by Gasteiger charge is 2.01. The number of aryl methyl sites for hydroxylation is 1. The predicted molar refractivity (Wildman–Crippen MR) is 77.4 cm³/mol. The summed E-state index contributed by atoms with van der Waals surface area (Å²) >= 11 is 0. The summed E-state index contributed by atoms with van der Waals surface area (Å²) in [4.78, 5) is 11.4. The quantitative estimate of drug-likeness (QED) is 0.706. The number of carbonyl (C=O) groups is 1. The number of ether oxygens (including phenoxy) is 1.